The Hall–Kier alpha value is -5.77. The second kappa shape index (κ2) is 47.4. The minimum Gasteiger partial charge on any atom is -0.467 e. The van der Waals surface area contributed by atoms with Crippen LogP contribution in [0.1, 0.15) is 298 Å². The number of aliphatic hydroxyl groups excluding tert-OH is 2. The normalized spacial score (nSPS) is 17.7. The number of hydrogen-bond donors (Lipinski definition) is 3. The van der Waals surface area contributed by atoms with Crippen LogP contribution in [0.4, 0.5) is 15.9 Å². The van der Waals surface area contributed by atoms with Gasteiger partial charge in [-0.3, -0.25) is 24.3 Å². The van der Waals surface area contributed by atoms with Crippen LogP contribution in [-0.2, 0) is 25.5 Å². The van der Waals surface area contributed by atoms with E-state index in [0.29, 0.717) is 62.1 Å². The summed E-state index contributed by atoms with van der Waals surface area (Å²) >= 11 is 0. The average molecular weight is 1380 g/mol. The molecule has 99 heavy (non-hydrogen) atoms. The van der Waals surface area contributed by atoms with Gasteiger partial charge in [0.15, 0.2) is 0 Å². The van der Waals surface area contributed by atoms with Gasteiger partial charge in [-0.25, -0.2) is 4.39 Å². The fraction of sp³-hybridized carbons (Fsp3) is 0.690. The molecule has 0 spiro atoms. The average Bonchev–Trinajstić information content (AvgIpc) is 1.03. The van der Waals surface area contributed by atoms with Crippen LogP contribution in [0.2, 0.25) is 0 Å². The molecule has 2 amide bonds. The predicted octanol–water partition coefficient (Wildman–Crippen LogP) is 20.5. The minimum atomic E-state index is -0.884. The lowest BCUT2D eigenvalue weighted by atomic mass is 9.88. The van der Waals surface area contributed by atoms with Gasteiger partial charge in [-0.15, -0.1) is 0 Å². The number of methoxy groups -OCH3 is 1. The molecule has 8 atom stereocenters. The summed E-state index contributed by atoms with van der Waals surface area (Å²) in [5, 5.41) is 22.1. The molecule has 14 nitrogen and oxygen atoms in total. The molecule has 8 unspecified atom stereocenters. The van der Waals surface area contributed by atoms with E-state index in [2.05, 4.69) is 129 Å². The van der Waals surface area contributed by atoms with Gasteiger partial charge in [-0.1, -0.05) is 185 Å². The number of aryl methyl sites for hydroxylation is 3. The number of unbranched alkanes of at least 4 members (excludes halogenated alkanes) is 2. The third-order valence-corrected chi connectivity index (χ3v) is 20.6. The zero-order valence-corrected chi connectivity index (χ0v) is 65.8. The molecule has 9 rings (SSSR count). The Morgan fingerprint density at radius 3 is 2.06 bits per heavy atom. The topological polar surface area (TPSA) is 171 Å². The summed E-state index contributed by atoms with van der Waals surface area (Å²) in [7, 11) is 2.62. The molecule has 558 valence electrons. The number of halogens is 1. The van der Waals surface area contributed by atoms with Gasteiger partial charge in [0.05, 0.1) is 23.7 Å². The molecule has 3 aromatic carbocycles. The highest BCUT2D eigenvalue weighted by atomic mass is 19.1. The lowest BCUT2D eigenvalue weighted by Crippen LogP contribution is -2.39. The van der Waals surface area contributed by atoms with Crippen molar-refractivity contribution < 1.29 is 38.5 Å². The SMILES string of the molecule is CC.CC(=O)OCC1CCC2CCCN21.CCC(C)C.CCCC(CC)CCC(C)CC.CCCCCC(CCC)c1ccc(N(C(C)=O)C(C)CCC(O)NC=O)c(C)c1.CCc1c(F)ccc2cc(C3CC3)cc(-c3ncc4c(N5CCCC(C)C5)nc(OC)nc4c3C)c12.CO. The zero-order valence-electron chi connectivity index (χ0n) is 65.8. The first-order chi connectivity index (χ1) is 47.6. The molecule has 4 aliphatic rings. The van der Waals surface area contributed by atoms with Crippen molar-refractivity contribution in [2.75, 3.05) is 50.3 Å². The van der Waals surface area contributed by atoms with Crippen LogP contribution in [0.15, 0.2) is 48.7 Å². The number of aliphatic hydroxyl groups is 2. The molecular formula is C84H138FN7O7. The van der Waals surface area contributed by atoms with E-state index in [4.69, 9.17) is 29.5 Å². The number of pyridine rings is 1. The molecule has 3 saturated heterocycles. The number of carbonyl (C=O) groups excluding carboxylic acids is 3. The van der Waals surface area contributed by atoms with Crippen LogP contribution in [0.3, 0.4) is 0 Å². The Labute approximate surface area is 600 Å². The maximum absolute atomic E-state index is 15.0. The summed E-state index contributed by atoms with van der Waals surface area (Å²) in [6, 6.07) is 16.1. The standard InChI is InChI=1S/C30H33FN4O.C24H40N2O3.C12H26.C10H17NO2.C5H12.C2H6.CH4O/c1-5-22-25(31)11-10-20-13-21(19-8-9-19)14-23(26(20)22)27-18(3)28-24(15-32-27)29(34-30(33-28)36-4)35-12-6-7-17(2)16-35;1-6-8-9-11-21(10-7-2)22-13-14-23(18(3)16-22)26(20(5)28)19(4)12-15-24(29)25-17-27;1-5-8-12(7-3)10-9-11(4)6-2;1-8(12)13-7-10-5-4-9-3-2-6-11(9)10;1-4-5(2)3;2*1-2/h10-11,13-15,17,19H,5-9,12,16H2,1-4H3;13-14,16-17,19,21,24,29H,6-12,15H2,1-5H3,(H,25,27);11-12H,5-10H2,1-4H3;9-10H,2-7H2,1H3;5H,4H2,1-3H3;1-2H3;2H,1H3. The number of fused-ring (bicyclic) bond motifs is 3. The first kappa shape index (κ1) is 87.4. The van der Waals surface area contributed by atoms with Crippen molar-refractivity contribution in [2.24, 2.45) is 23.7 Å². The number of hydrogen-bond acceptors (Lipinski definition) is 12. The number of amides is 2. The summed E-state index contributed by atoms with van der Waals surface area (Å²) in [4.78, 5) is 54.7. The number of aromatic nitrogens is 3. The fourth-order valence-corrected chi connectivity index (χ4v) is 14.2. The molecule has 4 fully saturated rings. The van der Waals surface area contributed by atoms with Gasteiger partial charge in [0.1, 0.15) is 24.5 Å². The highest BCUT2D eigenvalue weighted by Crippen LogP contribution is 2.46. The van der Waals surface area contributed by atoms with Crippen molar-refractivity contribution in [3.63, 3.8) is 0 Å². The monoisotopic (exact) mass is 1380 g/mol. The highest BCUT2D eigenvalue weighted by Gasteiger charge is 2.37. The van der Waals surface area contributed by atoms with Crippen molar-refractivity contribution in [1.82, 2.24) is 25.2 Å². The molecule has 0 bridgehead atoms. The first-order valence-electron chi connectivity index (χ1n) is 38.9. The summed E-state index contributed by atoms with van der Waals surface area (Å²) in [6.45, 7) is 41.6. The van der Waals surface area contributed by atoms with Gasteiger partial charge in [-0.2, -0.15) is 9.97 Å². The van der Waals surface area contributed by atoms with E-state index in [9.17, 15) is 23.9 Å². The third kappa shape index (κ3) is 27.8. The molecule has 0 radical (unpaired) electrons. The Morgan fingerprint density at radius 2 is 1.48 bits per heavy atom. The maximum atomic E-state index is 15.0. The summed E-state index contributed by atoms with van der Waals surface area (Å²) in [5.74, 6) is 5.17. The number of nitrogens with zero attached hydrogens (tertiary/aromatic N) is 6. The number of anilines is 2. The van der Waals surface area contributed by atoms with E-state index in [-0.39, 0.29) is 23.7 Å². The largest absolute Gasteiger partial charge is 0.467 e. The van der Waals surface area contributed by atoms with Crippen molar-refractivity contribution >= 4 is 51.5 Å². The van der Waals surface area contributed by atoms with Crippen LogP contribution in [-0.4, -0.2) is 113 Å². The van der Waals surface area contributed by atoms with Gasteiger partial charge in [0.2, 0.25) is 12.3 Å². The number of rotatable bonds is 29. The lowest BCUT2D eigenvalue weighted by Gasteiger charge is -2.32. The first-order valence-corrected chi connectivity index (χ1v) is 38.9. The number of nitrogens with one attached hydrogen (secondary N) is 1. The van der Waals surface area contributed by atoms with E-state index in [1.807, 2.05) is 40.0 Å². The van der Waals surface area contributed by atoms with Gasteiger partial charge >= 0.3 is 12.0 Å². The van der Waals surface area contributed by atoms with E-state index < -0.39 is 6.23 Å². The molecule has 2 aromatic heterocycles. The third-order valence-electron chi connectivity index (χ3n) is 20.6. The van der Waals surface area contributed by atoms with E-state index in [0.717, 1.165) is 112 Å². The van der Waals surface area contributed by atoms with E-state index in [1.54, 1.807) is 25.0 Å². The van der Waals surface area contributed by atoms with Crippen molar-refractivity contribution in [3.05, 3.63) is 82.3 Å². The van der Waals surface area contributed by atoms with Crippen LogP contribution in [0.25, 0.3) is 32.9 Å². The quantitative estimate of drug-likeness (QED) is 0.0179. The number of ether oxygens (including phenoxy) is 2. The number of carbonyl (C=O) groups is 3. The minimum absolute atomic E-state index is 0.0146. The maximum Gasteiger partial charge on any atom is 0.318 e. The summed E-state index contributed by atoms with van der Waals surface area (Å²) in [6.07, 6.45) is 30.2. The Morgan fingerprint density at radius 1 is 0.788 bits per heavy atom. The van der Waals surface area contributed by atoms with Gasteiger partial charge in [0.25, 0.3) is 0 Å². The summed E-state index contributed by atoms with van der Waals surface area (Å²) < 4.78 is 25.6. The fourth-order valence-electron chi connectivity index (χ4n) is 14.2. The van der Waals surface area contributed by atoms with Crippen LogP contribution >= 0.6 is 0 Å². The Bertz CT molecular complexity index is 3120. The molecular weight excluding hydrogens is 1240 g/mol. The van der Waals surface area contributed by atoms with E-state index >= 15 is 0 Å². The number of esters is 1. The predicted molar refractivity (Wildman–Crippen MR) is 415 cm³/mol. The highest BCUT2D eigenvalue weighted by molar-refractivity contribution is 6.03. The molecule has 3 N–H and O–H groups in total. The second-order valence-corrected chi connectivity index (χ2v) is 28.7. The Balaban J connectivity index is 0.000000358. The molecule has 15 heteroatoms. The molecule has 1 saturated carbocycles. The van der Waals surface area contributed by atoms with Crippen LogP contribution < -0.4 is 19.9 Å². The van der Waals surface area contributed by atoms with Crippen LogP contribution in [0, 0.1) is 43.3 Å². The Kier molecular flexibility index (Phi) is 41.9. The van der Waals surface area contributed by atoms with Crippen molar-refractivity contribution in [1.29, 1.82) is 0 Å². The molecule has 5 aromatic rings. The smallest absolute Gasteiger partial charge is 0.318 e. The molecule has 1 aliphatic carbocycles. The summed E-state index contributed by atoms with van der Waals surface area (Å²) in [5.41, 5.74) is 9.13. The van der Waals surface area contributed by atoms with Crippen LogP contribution in [0.5, 0.6) is 6.01 Å². The van der Waals surface area contributed by atoms with Crippen molar-refractivity contribution in [3.8, 4) is 17.3 Å². The zero-order chi connectivity index (χ0) is 73.7. The molecule has 3 aliphatic heterocycles. The lowest BCUT2D eigenvalue weighted by molar-refractivity contribution is -0.142. The van der Waals surface area contributed by atoms with Crippen molar-refractivity contribution in [2.45, 2.75) is 315 Å². The number of piperidine rings is 1. The number of benzene rings is 3. The molecule has 5 heterocycles. The second-order valence-electron chi connectivity index (χ2n) is 28.7. The van der Waals surface area contributed by atoms with Gasteiger partial charge in [-0.05, 0) is 198 Å². The van der Waals surface area contributed by atoms with Gasteiger partial charge in [0, 0.05) is 75.2 Å². The van der Waals surface area contributed by atoms with Gasteiger partial charge < -0.3 is 34.8 Å². The van der Waals surface area contributed by atoms with E-state index in [1.165, 1.54) is 153 Å².